The van der Waals surface area contributed by atoms with Crippen molar-refractivity contribution < 1.29 is 28.7 Å². The maximum Gasteiger partial charge on any atom is 0.408 e. The zero-order chi connectivity index (χ0) is 23.2. The average molecular weight is 443 g/mol. The molecular weight excluding hydrogens is 412 g/mol. The molecule has 11 heteroatoms. The molecule has 0 aromatic rings. The summed E-state index contributed by atoms with van der Waals surface area (Å²) in [6, 6.07) is -2.04. The first kappa shape index (κ1) is 25.5. The van der Waals surface area contributed by atoms with Crippen LogP contribution in [-0.2, 0) is 23.9 Å². The van der Waals surface area contributed by atoms with Gasteiger partial charge in [0, 0.05) is 24.9 Å². The lowest BCUT2D eigenvalue weighted by Crippen LogP contribution is -2.54. The largest absolute Gasteiger partial charge is 0.444 e. The highest BCUT2D eigenvalue weighted by molar-refractivity contribution is 8.04. The molecule has 0 unspecified atom stereocenters. The second-order valence-corrected chi connectivity index (χ2v) is 9.18. The van der Waals surface area contributed by atoms with Crippen molar-refractivity contribution in [1.29, 1.82) is 0 Å². The van der Waals surface area contributed by atoms with Crippen LogP contribution >= 0.6 is 11.8 Å². The maximum atomic E-state index is 12.7. The van der Waals surface area contributed by atoms with E-state index < -0.39 is 41.5 Å². The van der Waals surface area contributed by atoms with Crippen molar-refractivity contribution in [3.05, 3.63) is 11.0 Å². The Morgan fingerprint density at radius 3 is 2.13 bits per heavy atom. The van der Waals surface area contributed by atoms with E-state index in [9.17, 15) is 24.0 Å². The molecule has 0 saturated carbocycles. The molecule has 5 amide bonds. The quantitative estimate of drug-likeness (QED) is 0.467. The molecule has 0 spiro atoms. The van der Waals surface area contributed by atoms with Crippen LogP contribution in [0, 0.1) is 0 Å². The Labute approximate surface area is 180 Å². The van der Waals surface area contributed by atoms with Gasteiger partial charge < -0.3 is 20.7 Å². The summed E-state index contributed by atoms with van der Waals surface area (Å²) in [7, 11) is 1.35. The van der Waals surface area contributed by atoms with E-state index in [1.54, 1.807) is 34.6 Å². The predicted molar refractivity (Wildman–Crippen MR) is 112 cm³/mol. The van der Waals surface area contributed by atoms with Crippen molar-refractivity contribution in [2.24, 2.45) is 0 Å². The molecule has 0 saturated heterocycles. The topological polar surface area (TPSA) is 134 Å². The number of nitrogens with zero attached hydrogens (tertiary/aromatic N) is 1. The van der Waals surface area contributed by atoms with Gasteiger partial charge in [0.1, 0.15) is 17.7 Å². The Bertz CT molecular complexity index is 744. The number of carbonyl (C=O) groups excluding carboxylic acids is 5. The maximum absolute atomic E-state index is 12.7. The number of amides is 5. The number of carbonyl (C=O) groups is 5. The van der Waals surface area contributed by atoms with Crippen molar-refractivity contribution >= 4 is 41.5 Å². The number of alkyl carbamates (subject to hydrolysis) is 1. The number of hydrogen-bond acceptors (Lipinski definition) is 7. The smallest absolute Gasteiger partial charge is 0.408 e. The molecule has 1 heterocycles. The van der Waals surface area contributed by atoms with Crippen molar-refractivity contribution in [2.75, 3.05) is 12.8 Å². The van der Waals surface area contributed by atoms with Crippen LogP contribution in [0.4, 0.5) is 4.79 Å². The number of rotatable bonds is 8. The van der Waals surface area contributed by atoms with E-state index in [0.717, 1.165) is 16.7 Å². The van der Waals surface area contributed by atoms with Gasteiger partial charge in [-0.05, 0) is 41.5 Å². The minimum absolute atomic E-state index is 0.0394. The normalized spacial score (nSPS) is 16.1. The Morgan fingerprint density at radius 2 is 1.67 bits per heavy atom. The molecule has 1 rings (SSSR count). The second kappa shape index (κ2) is 10.5. The Balaban J connectivity index is 2.86. The third-order valence-electron chi connectivity index (χ3n) is 3.70. The fourth-order valence-corrected chi connectivity index (χ4v) is 3.26. The van der Waals surface area contributed by atoms with Crippen LogP contribution in [0.15, 0.2) is 11.0 Å². The summed E-state index contributed by atoms with van der Waals surface area (Å²) in [5, 5.41) is 7.68. The molecular formula is C19H30N4O6S. The lowest BCUT2D eigenvalue weighted by Gasteiger charge is -2.24. The van der Waals surface area contributed by atoms with Gasteiger partial charge in [-0.1, -0.05) is 0 Å². The molecule has 1 aliphatic heterocycles. The Hall–Kier alpha value is -2.56. The lowest BCUT2D eigenvalue weighted by atomic mass is 10.2. The van der Waals surface area contributed by atoms with Crippen molar-refractivity contribution in [3.8, 4) is 0 Å². The average Bonchev–Trinajstić information content (AvgIpc) is 2.83. The van der Waals surface area contributed by atoms with Crippen LogP contribution < -0.4 is 16.0 Å². The molecule has 0 aromatic carbocycles. The van der Waals surface area contributed by atoms with E-state index in [-0.39, 0.29) is 22.6 Å². The van der Waals surface area contributed by atoms with E-state index in [1.807, 2.05) is 0 Å². The number of hydrogen-bond donors (Lipinski definition) is 3. The van der Waals surface area contributed by atoms with Gasteiger partial charge in [-0.15, -0.1) is 11.8 Å². The van der Waals surface area contributed by atoms with Crippen molar-refractivity contribution in [2.45, 2.75) is 65.3 Å². The highest BCUT2D eigenvalue weighted by Crippen LogP contribution is 2.24. The van der Waals surface area contributed by atoms with E-state index in [1.165, 1.54) is 20.0 Å². The molecule has 0 fully saturated rings. The summed E-state index contributed by atoms with van der Waals surface area (Å²) in [6.07, 6.45) is 0.358. The van der Waals surface area contributed by atoms with Crippen LogP contribution in [0.1, 0.15) is 41.5 Å². The summed E-state index contributed by atoms with van der Waals surface area (Å²) in [6.45, 7) is 10.1. The van der Waals surface area contributed by atoms with E-state index in [4.69, 9.17) is 4.74 Å². The molecule has 10 nitrogen and oxygen atoms in total. The summed E-state index contributed by atoms with van der Waals surface area (Å²) >= 11 is 0.960. The molecule has 0 aliphatic carbocycles. The fourth-order valence-electron chi connectivity index (χ4n) is 2.23. The van der Waals surface area contributed by atoms with Crippen molar-refractivity contribution in [1.82, 2.24) is 20.9 Å². The van der Waals surface area contributed by atoms with Crippen LogP contribution in [0.3, 0.4) is 0 Å². The third kappa shape index (κ3) is 8.05. The van der Waals surface area contributed by atoms with Gasteiger partial charge >= 0.3 is 6.09 Å². The lowest BCUT2D eigenvalue weighted by molar-refractivity contribution is -0.135. The Morgan fingerprint density at radius 1 is 1.07 bits per heavy atom. The highest BCUT2D eigenvalue weighted by atomic mass is 32.2. The summed E-state index contributed by atoms with van der Waals surface area (Å²) in [4.78, 5) is 61.7. The van der Waals surface area contributed by atoms with E-state index in [0.29, 0.717) is 0 Å². The zero-order valence-electron chi connectivity index (χ0n) is 18.3. The van der Waals surface area contributed by atoms with Gasteiger partial charge in [0.05, 0.1) is 4.91 Å². The SMILES string of the molecule is CC(C)NC(=O)[C@H](C)NC(=O)[C@H](CSC1=CC(=O)N(C)C1=O)NC(=O)OC(C)(C)C. The molecule has 2 atom stereocenters. The molecule has 3 N–H and O–H groups in total. The zero-order valence-corrected chi connectivity index (χ0v) is 19.1. The summed E-state index contributed by atoms with van der Waals surface area (Å²) in [5.41, 5.74) is -0.776. The minimum Gasteiger partial charge on any atom is -0.444 e. The van der Waals surface area contributed by atoms with Crippen LogP contribution in [-0.4, -0.2) is 71.1 Å². The summed E-state index contributed by atoms with van der Waals surface area (Å²) in [5.74, 6) is -1.97. The standard InChI is InChI=1S/C19H30N4O6S/c1-10(2)20-15(25)11(3)21-16(26)12(22-18(28)29-19(4,5)6)9-30-13-8-14(24)23(7)17(13)27/h8,10-12H,9H2,1-7H3,(H,20,25)(H,21,26)(H,22,28)/t11-,12-/m0/s1. The number of nitrogens with one attached hydrogen (secondary N) is 3. The number of likely N-dealkylation sites (N-methyl/N-ethyl adjacent to an activating group) is 1. The summed E-state index contributed by atoms with van der Waals surface area (Å²) < 4.78 is 5.19. The van der Waals surface area contributed by atoms with Gasteiger partial charge in [0.15, 0.2) is 0 Å². The molecule has 30 heavy (non-hydrogen) atoms. The number of thioether (sulfide) groups is 1. The molecule has 1 aliphatic rings. The van der Waals surface area contributed by atoms with Gasteiger partial charge in [-0.2, -0.15) is 0 Å². The number of imide groups is 1. The highest BCUT2D eigenvalue weighted by Gasteiger charge is 2.31. The third-order valence-corrected chi connectivity index (χ3v) is 4.80. The minimum atomic E-state index is -1.10. The van der Waals surface area contributed by atoms with Crippen LogP contribution in [0.2, 0.25) is 0 Å². The molecule has 168 valence electrons. The first-order valence-corrected chi connectivity index (χ1v) is 10.5. The molecule has 0 bridgehead atoms. The first-order chi connectivity index (χ1) is 13.7. The van der Waals surface area contributed by atoms with Gasteiger partial charge in [0.25, 0.3) is 11.8 Å². The fraction of sp³-hybridized carbons (Fsp3) is 0.632. The number of ether oxygens (including phenoxy) is 1. The monoisotopic (exact) mass is 442 g/mol. The first-order valence-electron chi connectivity index (χ1n) is 9.48. The van der Waals surface area contributed by atoms with E-state index >= 15 is 0 Å². The van der Waals surface area contributed by atoms with Crippen LogP contribution in [0.5, 0.6) is 0 Å². The van der Waals surface area contributed by atoms with E-state index in [2.05, 4.69) is 16.0 Å². The molecule has 0 aromatic heterocycles. The van der Waals surface area contributed by atoms with Gasteiger partial charge in [-0.25, -0.2) is 4.79 Å². The van der Waals surface area contributed by atoms with Crippen LogP contribution in [0.25, 0.3) is 0 Å². The molecule has 0 radical (unpaired) electrons. The van der Waals surface area contributed by atoms with Gasteiger partial charge in [0.2, 0.25) is 11.8 Å². The van der Waals surface area contributed by atoms with Gasteiger partial charge in [-0.3, -0.25) is 24.1 Å². The van der Waals surface area contributed by atoms with Crippen molar-refractivity contribution in [3.63, 3.8) is 0 Å². The Kier molecular flexibility index (Phi) is 8.89. The second-order valence-electron chi connectivity index (χ2n) is 8.11. The predicted octanol–water partition coefficient (Wildman–Crippen LogP) is 0.525.